The van der Waals surface area contributed by atoms with Crippen molar-refractivity contribution >= 4 is 23.5 Å². The molecule has 0 aliphatic carbocycles. The van der Waals surface area contributed by atoms with Crippen molar-refractivity contribution in [3.8, 4) is 0 Å². The first kappa shape index (κ1) is 19.9. The molecule has 0 saturated carbocycles. The number of amides is 2. The van der Waals surface area contributed by atoms with Crippen LogP contribution < -0.4 is 10.9 Å². The molecule has 1 heterocycles. The quantitative estimate of drug-likeness (QED) is 0.763. The van der Waals surface area contributed by atoms with Gasteiger partial charge in [0.05, 0.1) is 6.42 Å². The second-order valence-corrected chi connectivity index (χ2v) is 6.17. The lowest BCUT2D eigenvalue weighted by Crippen LogP contribution is -2.29. The first-order valence-corrected chi connectivity index (χ1v) is 8.30. The summed E-state index contributed by atoms with van der Waals surface area (Å²) >= 11 is 0. The van der Waals surface area contributed by atoms with Crippen LogP contribution in [0, 0.1) is 6.92 Å². The molecule has 0 fully saturated rings. The van der Waals surface area contributed by atoms with Gasteiger partial charge in [-0.3, -0.25) is 19.2 Å². The summed E-state index contributed by atoms with van der Waals surface area (Å²) in [6.45, 7) is 1.80. The van der Waals surface area contributed by atoms with E-state index in [9.17, 15) is 19.2 Å². The van der Waals surface area contributed by atoms with E-state index in [1.165, 1.54) is 22.6 Å². The Bertz CT molecular complexity index is 902. The van der Waals surface area contributed by atoms with E-state index < -0.39 is 5.97 Å². The van der Waals surface area contributed by atoms with E-state index >= 15 is 0 Å². The van der Waals surface area contributed by atoms with Gasteiger partial charge in [0.15, 0.2) is 0 Å². The third kappa shape index (κ3) is 5.81. The average molecular weight is 371 g/mol. The lowest BCUT2D eigenvalue weighted by Gasteiger charge is -2.16. The maximum Gasteiger partial charge on any atom is 0.305 e. The monoisotopic (exact) mass is 371 g/mol. The molecule has 2 aromatic rings. The standard InChI is InChI=1S/C19H21N3O5/c1-13-7-10-22(17(24)11-13)12-16(23)20-15-5-3-14(4-6-15)19(27)21(2)9-8-18(25)26/h3-7,10-11H,8-9,12H2,1-2H3,(H,20,23)(H,25,26). The molecule has 0 spiro atoms. The number of hydrogen-bond acceptors (Lipinski definition) is 4. The smallest absolute Gasteiger partial charge is 0.305 e. The van der Waals surface area contributed by atoms with E-state index in [1.54, 1.807) is 43.5 Å². The number of aromatic nitrogens is 1. The number of aliphatic carboxylic acids is 1. The number of aryl methyl sites for hydroxylation is 1. The fraction of sp³-hybridized carbons (Fsp3) is 0.263. The van der Waals surface area contributed by atoms with E-state index in [1.807, 2.05) is 0 Å². The predicted molar refractivity (Wildman–Crippen MR) is 99.7 cm³/mol. The summed E-state index contributed by atoms with van der Waals surface area (Å²) in [4.78, 5) is 48.0. The van der Waals surface area contributed by atoms with E-state index in [0.717, 1.165) is 5.56 Å². The van der Waals surface area contributed by atoms with Crippen LogP contribution in [0.5, 0.6) is 0 Å². The predicted octanol–water partition coefficient (Wildman–Crippen LogP) is 1.34. The Hall–Kier alpha value is -3.42. The number of nitrogens with one attached hydrogen (secondary N) is 1. The molecule has 2 amide bonds. The minimum Gasteiger partial charge on any atom is -0.481 e. The fourth-order valence-corrected chi connectivity index (χ4v) is 2.37. The Kier molecular flexibility index (Phi) is 6.48. The highest BCUT2D eigenvalue weighted by molar-refractivity contribution is 5.95. The van der Waals surface area contributed by atoms with Crippen molar-refractivity contribution in [2.24, 2.45) is 0 Å². The summed E-state index contributed by atoms with van der Waals surface area (Å²) in [5, 5.41) is 11.3. The minimum atomic E-state index is -0.972. The Morgan fingerprint density at radius 1 is 1.15 bits per heavy atom. The summed E-state index contributed by atoms with van der Waals surface area (Å²) in [7, 11) is 1.53. The van der Waals surface area contributed by atoms with Gasteiger partial charge in [-0.25, -0.2) is 0 Å². The van der Waals surface area contributed by atoms with Gasteiger partial charge in [0.2, 0.25) is 5.91 Å². The molecule has 0 unspecified atom stereocenters. The van der Waals surface area contributed by atoms with E-state index in [-0.39, 0.29) is 36.9 Å². The molecule has 8 nitrogen and oxygen atoms in total. The molecule has 2 N–H and O–H groups in total. The van der Waals surface area contributed by atoms with Crippen molar-refractivity contribution in [1.29, 1.82) is 0 Å². The number of benzene rings is 1. The third-order valence-electron chi connectivity index (χ3n) is 3.89. The summed E-state index contributed by atoms with van der Waals surface area (Å²) in [5.41, 5.74) is 1.45. The zero-order valence-corrected chi connectivity index (χ0v) is 15.1. The lowest BCUT2D eigenvalue weighted by molar-refractivity contribution is -0.137. The van der Waals surface area contributed by atoms with Crippen LogP contribution >= 0.6 is 0 Å². The highest BCUT2D eigenvalue weighted by Crippen LogP contribution is 2.11. The van der Waals surface area contributed by atoms with Crippen LogP contribution in [0.15, 0.2) is 47.4 Å². The number of rotatable bonds is 7. The van der Waals surface area contributed by atoms with Gasteiger partial charge in [0.1, 0.15) is 6.54 Å². The van der Waals surface area contributed by atoms with Crippen LogP contribution in [-0.4, -0.2) is 45.9 Å². The Labute approximate surface area is 156 Å². The maximum absolute atomic E-state index is 12.2. The largest absolute Gasteiger partial charge is 0.481 e. The number of pyridine rings is 1. The van der Waals surface area contributed by atoms with E-state index in [2.05, 4.69) is 5.32 Å². The van der Waals surface area contributed by atoms with Crippen molar-refractivity contribution < 1.29 is 19.5 Å². The lowest BCUT2D eigenvalue weighted by atomic mass is 10.2. The van der Waals surface area contributed by atoms with Gasteiger partial charge >= 0.3 is 5.97 Å². The normalized spacial score (nSPS) is 10.3. The molecule has 8 heteroatoms. The van der Waals surface area contributed by atoms with Gasteiger partial charge in [-0.1, -0.05) is 0 Å². The first-order valence-electron chi connectivity index (χ1n) is 8.30. The number of hydrogen-bond donors (Lipinski definition) is 2. The van der Waals surface area contributed by atoms with E-state index in [0.29, 0.717) is 11.3 Å². The minimum absolute atomic E-state index is 0.109. The molecule has 0 radical (unpaired) electrons. The number of anilines is 1. The Morgan fingerprint density at radius 3 is 2.41 bits per heavy atom. The van der Waals surface area contributed by atoms with Gasteiger partial charge in [-0.15, -0.1) is 0 Å². The highest BCUT2D eigenvalue weighted by Gasteiger charge is 2.13. The van der Waals surface area contributed by atoms with Crippen molar-refractivity contribution in [2.75, 3.05) is 18.9 Å². The number of nitrogens with zero attached hydrogens (tertiary/aromatic N) is 2. The molecule has 0 bridgehead atoms. The van der Waals surface area contributed by atoms with Crippen LogP contribution in [0.25, 0.3) is 0 Å². The van der Waals surface area contributed by atoms with Crippen molar-refractivity contribution in [2.45, 2.75) is 19.9 Å². The van der Waals surface area contributed by atoms with Crippen molar-refractivity contribution in [3.05, 3.63) is 64.1 Å². The second-order valence-electron chi connectivity index (χ2n) is 6.17. The molecule has 2 rings (SSSR count). The SMILES string of the molecule is Cc1ccn(CC(=O)Nc2ccc(C(=O)N(C)CCC(=O)O)cc2)c(=O)c1. The highest BCUT2D eigenvalue weighted by atomic mass is 16.4. The molecular formula is C19H21N3O5. The molecule has 1 aromatic heterocycles. The number of carboxylic acids is 1. The summed E-state index contributed by atoms with van der Waals surface area (Å²) in [5.74, 6) is -1.64. The molecule has 0 atom stereocenters. The van der Waals surface area contributed by atoms with Gasteiger partial charge in [-0.2, -0.15) is 0 Å². The van der Waals surface area contributed by atoms with Crippen molar-refractivity contribution in [3.63, 3.8) is 0 Å². The summed E-state index contributed by atoms with van der Waals surface area (Å²) < 4.78 is 1.30. The molecule has 142 valence electrons. The number of carbonyl (C=O) groups excluding carboxylic acids is 2. The zero-order valence-electron chi connectivity index (χ0n) is 15.1. The van der Waals surface area contributed by atoms with Gasteiger partial charge < -0.3 is 19.9 Å². The zero-order chi connectivity index (χ0) is 20.0. The van der Waals surface area contributed by atoms with Crippen LogP contribution in [0.4, 0.5) is 5.69 Å². The molecular weight excluding hydrogens is 350 g/mol. The second kappa shape index (κ2) is 8.79. The molecule has 27 heavy (non-hydrogen) atoms. The Balaban J connectivity index is 1.96. The van der Waals surface area contributed by atoms with Gasteiger partial charge in [0.25, 0.3) is 11.5 Å². The van der Waals surface area contributed by atoms with Gasteiger partial charge in [0, 0.05) is 37.1 Å². The van der Waals surface area contributed by atoms with Crippen LogP contribution in [-0.2, 0) is 16.1 Å². The Morgan fingerprint density at radius 2 is 1.81 bits per heavy atom. The maximum atomic E-state index is 12.2. The summed E-state index contributed by atoms with van der Waals surface area (Å²) in [6, 6.07) is 9.45. The molecule has 1 aromatic carbocycles. The number of carbonyl (C=O) groups is 3. The average Bonchev–Trinajstić information content (AvgIpc) is 2.62. The molecule has 0 saturated heterocycles. The van der Waals surface area contributed by atoms with Crippen LogP contribution in [0.3, 0.4) is 0 Å². The third-order valence-corrected chi connectivity index (χ3v) is 3.89. The first-order chi connectivity index (χ1) is 12.8. The molecule has 0 aliphatic rings. The molecule has 0 aliphatic heterocycles. The summed E-state index contributed by atoms with van der Waals surface area (Å²) in [6.07, 6.45) is 1.43. The van der Waals surface area contributed by atoms with Crippen LogP contribution in [0.1, 0.15) is 22.3 Å². The van der Waals surface area contributed by atoms with Crippen LogP contribution in [0.2, 0.25) is 0 Å². The van der Waals surface area contributed by atoms with Gasteiger partial charge in [-0.05, 0) is 42.8 Å². The van der Waals surface area contributed by atoms with Crippen molar-refractivity contribution in [1.82, 2.24) is 9.47 Å². The number of carboxylic acid groups (broad SMARTS) is 1. The topological polar surface area (TPSA) is 109 Å². The fourth-order valence-electron chi connectivity index (χ4n) is 2.37. The van der Waals surface area contributed by atoms with E-state index in [4.69, 9.17) is 5.11 Å².